The lowest BCUT2D eigenvalue weighted by Gasteiger charge is -2.12. The molecule has 0 atom stereocenters. The molecule has 0 spiro atoms. The van der Waals surface area contributed by atoms with Crippen molar-refractivity contribution in [3.05, 3.63) is 24.3 Å². The number of halogens is 2. The zero-order chi connectivity index (χ0) is 13.3. The summed E-state index contributed by atoms with van der Waals surface area (Å²) in [6.45, 7) is 0. The average Bonchev–Trinajstić information content (AvgIpc) is 2.28. The lowest BCUT2D eigenvalue weighted by molar-refractivity contribution is -0.153. The Labute approximate surface area is 95.6 Å². The second-order valence-electron chi connectivity index (χ2n) is 3.00. The molecule has 0 heterocycles. The van der Waals surface area contributed by atoms with Gasteiger partial charge in [0.15, 0.2) is 0 Å². The highest BCUT2D eigenvalue weighted by Crippen LogP contribution is 2.30. The zero-order valence-electron chi connectivity index (χ0n) is 8.55. The van der Waals surface area contributed by atoms with E-state index in [1.807, 2.05) is 0 Å². The highest BCUT2D eigenvalue weighted by atomic mass is 32.2. The summed E-state index contributed by atoms with van der Waals surface area (Å²) in [5, 5.41) is 3.33. The molecule has 0 aliphatic heterocycles. The maximum Gasteiger partial charge on any atom is 0.444 e. The Morgan fingerprint density at radius 3 is 2.47 bits per heavy atom. The van der Waals surface area contributed by atoms with Crippen molar-refractivity contribution < 1.29 is 31.8 Å². The van der Waals surface area contributed by atoms with Gasteiger partial charge in [0, 0.05) is 0 Å². The Kier molecular flexibility index (Phi) is 3.37. The first kappa shape index (κ1) is 13.4. The molecule has 0 unspecified atom stereocenters. The van der Waals surface area contributed by atoms with Gasteiger partial charge in [-0.3, -0.25) is 0 Å². The molecule has 1 N–H and O–H groups in total. The number of carbonyl (C=O) groups is 1. The summed E-state index contributed by atoms with van der Waals surface area (Å²) in [6, 6.07) is 4.21. The Hall–Kier alpha value is -1.70. The van der Waals surface area contributed by atoms with E-state index in [1.54, 1.807) is 0 Å². The van der Waals surface area contributed by atoms with Crippen LogP contribution in [0.15, 0.2) is 29.2 Å². The van der Waals surface area contributed by atoms with Crippen LogP contribution in [0.25, 0.3) is 0 Å². The molecule has 0 radical (unpaired) electrons. The number of methoxy groups -OCH3 is 1. The Morgan fingerprint density at radius 2 is 2.00 bits per heavy atom. The van der Waals surface area contributed by atoms with Gasteiger partial charge in [-0.25, -0.2) is 13.2 Å². The maximum atomic E-state index is 13.0. The number of rotatable bonds is 4. The van der Waals surface area contributed by atoms with E-state index in [4.69, 9.17) is 5.11 Å². The minimum absolute atomic E-state index is 0.0345. The Bertz CT molecular complexity index is 538. The first-order valence-electron chi connectivity index (χ1n) is 4.23. The number of carboxylic acids is 1. The van der Waals surface area contributed by atoms with E-state index in [1.165, 1.54) is 19.2 Å². The lowest BCUT2D eigenvalue weighted by Crippen LogP contribution is -2.37. The van der Waals surface area contributed by atoms with Gasteiger partial charge in [-0.05, 0) is 18.2 Å². The van der Waals surface area contributed by atoms with Gasteiger partial charge >= 0.3 is 11.2 Å². The van der Waals surface area contributed by atoms with Crippen LogP contribution in [-0.4, -0.2) is 31.9 Å². The van der Waals surface area contributed by atoms with Gasteiger partial charge in [-0.1, -0.05) is 6.07 Å². The average molecular weight is 266 g/mol. The number of alkyl halides is 2. The third-order valence-electron chi connectivity index (χ3n) is 1.94. The lowest BCUT2D eigenvalue weighted by atomic mass is 10.3. The van der Waals surface area contributed by atoms with Gasteiger partial charge in [0.2, 0.25) is 0 Å². The predicted octanol–water partition coefficient (Wildman–Crippen LogP) is 1.15. The second-order valence-corrected chi connectivity index (χ2v) is 5.00. The van der Waals surface area contributed by atoms with Gasteiger partial charge < -0.3 is 9.84 Å². The molecule has 0 aliphatic rings. The van der Waals surface area contributed by atoms with Crippen LogP contribution in [0.2, 0.25) is 0 Å². The standard InChI is InChI=1S/C9H8F2O5S/c1-16-6-3-2-4-7(5-6)17(14,15)9(10,11)8(12)13/h2-5H,1H3,(H,12,13). The van der Waals surface area contributed by atoms with E-state index in [0.717, 1.165) is 12.1 Å². The van der Waals surface area contributed by atoms with Crippen molar-refractivity contribution in [3.63, 3.8) is 0 Å². The molecule has 5 nitrogen and oxygen atoms in total. The first-order chi connectivity index (χ1) is 7.73. The third-order valence-corrected chi connectivity index (χ3v) is 3.66. The van der Waals surface area contributed by atoms with Gasteiger partial charge in [-0.15, -0.1) is 0 Å². The number of hydrogen-bond acceptors (Lipinski definition) is 4. The molecule has 1 rings (SSSR count). The fourth-order valence-corrected chi connectivity index (χ4v) is 2.09. The van der Waals surface area contributed by atoms with Gasteiger partial charge in [0.25, 0.3) is 9.84 Å². The number of aliphatic carboxylic acids is 1. The van der Waals surface area contributed by atoms with Crippen molar-refractivity contribution in [1.82, 2.24) is 0 Å². The topological polar surface area (TPSA) is 80.7 Å². The van der Waals surface area contributed by atoms with E-state index < -0.39 is 26.0 Å². The molecule has 0 amide bonds. The summed E-state index contributed by atoms with van der Waals surface area (Å²) >= 11 is 0. The largest absolute Gasteiger partial charge is 0.497 e. The third kappa shape index (κ3) is 2.21. The minimum Gasteiger partial charge on any atom is -0.497 e. The molecule has 0 fully saturated rings. The van der Waals surface area contributed by atoms with E-state index in [9.17, 15) is 22.0 Å². The number of carboxylic acid groups (broad SMARTS) is 1. The molecule has 0 bridgehead atoms. The molecule has 8 heteroatoms. The fourth-order valence-electron chi connectivity index (χ4n) is 1.03. The van der Waals surface area contributed by atoms with Crippen molar-refractivity contribution >= 4 is 15.8 Å². The summed E-state index contributed by atoms with van der Waals surface area (Å²) in [5.41, 5.74) is 0. The van der Waals surface area contributed by atoms with Gasteiger partial charge in [-0.2, -0.15) is 8.78 Å². The minimum atomic E-state index is -5.28. The van der Waals surface area contributed by atoms with Crippen LogP contribution in [0, 0.1) is 0 Å². The van der Waals surface area contributed by atoms with Crippen molar-refractivity contribution in [2.24, 2.45) is 0 Å². The Balaban J connectivity index is 3.36. The van der Waals surface area contributed by atoms with Crippen molar-refractivity contribution in [3.8, 4) is 5.75 Å². The molecule has 17 heavy (non-hydrogen) atoms. The van der Waals surface area contributed by atoms with E-state index >= 15 is 0 Å². The first-order valence-corrected chi connectivity index (χ1v) is 5.71. The smallest absolute Gasteiger partial charge is 0.444 e. The number of benzene rings is 1. The van der Waals surface area contributed by atoms with E-state index in [2.05, 4.69) is 4.74 Å². The summed E-state index contributed by atoms with van der Waals surface area (Å²) in [6.07, 6.45) is 0. The molecule has 1 aromatic carbocycles. The molecule has 0 aromatic heterocycles. The SMILES string of the molecule is COc1cccc(S(=O)(=O)C(F)(F)C(=O)O)c1. The summed E-state index contributed by atoms with van der Waals surface area (Å²) < 4.78 is 53.5. The van der Waals surface area contributed by atoms with E-state index in [0.29, 0.717) is 0 Å². The normalized spacial score (nSPS) is 12.2. The van der Waals surface area contributed by atoms with Crippen molar-refractivity contribution in [2.75, 3.05) is 7.11 Å². The van der Waals surface area contributed by atoms with Crippen LogP contribution in [0.1, 0.15) is 0 Å². The highest BCUT2D eigenvalue weighted by Gasteiger charge is 2.54. The van der Waals surface area contributed by atoms with Crippen LogP contribution in [0.3, 0.4) is 0 Å². The number of sulfone groups is 1. The summed E-state index contributed by atoms with van der Waals surface area (Å²) in [7, 11) is -4.06. The molecular weight excluding hydrogens is 258 g/mol. The van der Waals surface area contributed by atoms with Crippen molar-refractivity contribution in [1.29, 1.82) is 0 Å². The molecule has 0 aliphatic carbocycles. The van der Waals surface area contributed by atoms with Crippen LogP contribution < -0.4 is 4.74 Å². The summed E-state index contributed by atoms with van der Waals surface area (Å²) in [5.74, 6) is -2.69. The maximum absolute atomic E-state index is 13.0. The summed E-state index contributed by atoms with van der Waals surface area (Å²) in [4.78, 5) is 9.42. The Morgan fingerprint density at radius 1 is 1.41 bits per heavy atom. The number of ether oxygens (including phenoxy) is 1. The predicted molar refractivity (Wildman–Crippen MR) is 52.8 cm³/mol. The van der Waals surface area contributed by atoms with Crippen molar-refractivity contribution in [2.45, 2.75) is 10.2 Å². The fraction of sp³-hybridized carbons (Fsp3) is 0.222. The highest BCUT2D eigenvalue weighted by molar-refractivity contribution is 7.93. The van der Waals surface area contributed by atoms with Crippen LogP contribution in [-0.2, 0) is 14.6 Å². The number of hydrogen-bond donors (Lipinski definition) is 1. The van der Waals surface area contributed by atoms with Crippen LogP contribution >= 0.6 is 0 Å². The molecular formula is C9H8F2O5S. The van der Waals surface area contributed by atoms with Gasteiger partial charge in [0.1, 0.15) is 5.75 Å². The van der Waals surface area contributed by atoms with Crippen LogP contribution in [0.5, 0.6) is 5.75 Å². The molecule has 1 aromatic rings. The molecule has 94 valence electrons. The molecule has 0 saturated carbocycles. The zero-order valence-corrected chi connectivity index (χ0v) is 9.37. The van der Waals surface area contributed by atoms with E-state index in [-0.39, 0.29) is 5.75 Å². The quantitative estimate of drug-likeness (QED) is 0.884. The molecule has 0 saturated heterocycles. The van der Waals surface area contributed by atoms with Gasteiger partial charge in [0.05, 0.1) is 12.0 Å². The second kappa shape index (κ2) is 4.28. The monoisotopic (exact) mass is 266 g/mol. The van der Waals surface area contributed by atoms with Crippen LogP contribution in [0.4, 0.5) is 8.78 Å².